The predicted molar refractivity (Wildman–Crippen MR) is 109 cm³/mol. The lowest BCUT2D eigenvalue weighted by atomic mass is 10.1. The van der Waals surface area contributed by atoms with Gasteiger partial charge in [-0.05, 0) is 68.4 Å². The van der Waals surface area contributed by atoms with E-state index in [1.54, 1.807) is 18.2 Å². The molecule has 0 aliphatic carbocycles. The van der Waals surface area contributed by atoms with Gasteiger partial charge in [0.1, 0.15) is 17.9 Å². The zero-order chi connectivity index (χ0) is 18.6. The van der Waals surface area contributed by atoms with Crippen LogP contribution in [0.3, 0.4) is 0 Å². The second-order valence-corrected chi connectivity index (χ2v) is 6.75. The number of unbranched alkanes of at least 4 members (excludes halogenated alkanes) is 1. The van der Waals surface area contributed by atoms with Gasteiger partial charge in [-0.2, -0.15) is 0 Å². The highest BCUT2D eigenvalue weighted by Crippen LogP contribution is 2.15. The second kappa shape index (κ2) is 13.6. The molecule has 1 aliphatic heterocycles. The summed E-state index contributed by atoms with van der Waals surface area (Å²) >= 11 is 0. The molecule has 1 saturated heterocycles. The molecule has 1 fully saturated rings. The van der Waals surface area contributed by atoms with Crippen molar-refractivity contribution in [1.82, 2.24) is 4.90 Å². The highest BCUT2D eigenvalue weighted by molar-refractivity contribution is 5.85. The molecular formula is C22H30ClF2NO. The predicted octanol–water partition coefficient (Wildman–Crippen LogP) is 5.59. The van der Waals surface area contributed by atoms with Crippen molar-refractivity contribution in [2.24, 2.45) is 0 Å². The van der Waals surface area contributed by atoms with Crippen molar-refractivity contribution in [3.05, 3.63) is 71.8 Å². The number of aryl methyl sites for hydroxylation is 1. The number of aliphatic hydroxyl groups is 1. The molecule has 3 rings (SSSR count). The Balaban J connectivity index is 0.000000385. The van der Waals surface area contributed by atoms with E-state index >= 15 is 0 Å². The molecule has 0 spiro atoms. The average molecular weight is 398 g/mol. The summed E-state index contributed by atoms with van der Waals surface area (Å²) < 4.78 is 24.7. The fourth-order valence-electron chi connectivity index (χ4n) is 3.12. The van der Waals surface area contributed by atoms with Gasteiger partial charge in [0, 0.05) is 13.1 Å². The number of rotatable bonds is 6. The van der Waals surface area contributed by atoms with Crippen molar-refractivity contribution in [3.8, 4) is 0 Å². The summed E-state index contributed by atoms with van der Waals surface area (Å²) in [6.45, 7) is 2.08. The van der Waals surface area contributed by atoms with Crippen molar-refractivity contribution < 1.29 is 13.9 Å². The van der Waals surface area contributed by atoms with E-state index in [4.69, 9.17) is 0 Å². The van der Waals surface area contributed by atoms with Gasteiger partial charge in [-0.15, -0.1) is 12.4 Å². The summed E-state index contributed by atoms with van der Waals surface area (Å²) in [7, 11) is 0. The van der Waals surface area contributed by atoms with Crippen LogP contribution in [0.25, 0.3) is 0 Å². The molecule has 0 saturated carbocycles. The highest BCUT2D eigenvalue weighted by Gasteiger charge is 2.17. The molecule has 1 unspecified atom stereocenters. The van der Waals surface area contributed by atoms with Gasteiger partial charge >= 0.3 is 0 Å². The maximum Gasteiger partial charge on any atom is 0.123 e. The quantitative estimate of drug-likeness (QED) is 0.642. The van der Waals surface area contributed by atoms with E-state index in [0.29, 0.717) is 0 Å². The Kier molecular flexibility index (Phi) is 11.9. The molecular weight excluding hydrogens is 368 g/mol. The van der Waals surface area contributed by atoms with Gasteiger partial charge in [0.05, 0.1) is 0 Å². The van der Waals surface area contributed by atoms with Crippen LogP contribution in [0.5, 0.6) is 0 Å². The third-order valence-electron chi connectivity index (χ3n) is 4.64. The van der Waals surface area contributed by atoms with Crippen LogP contribution >= 0.6 is 12.4 Å². The Bertz CT molecular complexity index is 603. The molecule has 5 heteroatoms. The molecule has 150 valence electrons. The van der Waals surface area contributed by atoms with Crippen molar-refractivity contribution in [3.63, 3.8) is 0 Å². The van der Waals surface area contributed by atoms with Gasteiger partial charge < -0.3 is 5.11 Å². The van der Waals surface area contributed by atoms with E-state index in [1.165, 1.54) is 49.1 Å². The van der Waals surface area contributed by atoms with Crippen LogP contribution in [0.15, 0.2) is 54.6 Å². The summed E-state index contributed by atoms with van der Waals surface area (Å²) in [6.07, 6.45) is 7.35. The molecule has 1 atom stereocenters. The molecule has 2 aromatic rings. The molecule has 0 amide bonds. The molecule has 1 heterocycles. The zero-order valence-corrected chi connectivity index (χ0v) is 16.5. The number of piperidine rings is 1. The maximum atomic E-state index is 12.7. The molecule has 2 aromatic carbocycles. The number of nitrogens with zero attached hydrogens (tertiary/aromatic N) is 1. The van der Waals surface area contributed by atoms with Crippen LogP contribution in [-0.2, 0) is 6.42 Å². The molecule has 0 bridgehead atoms. The van der Waals surface area contributed by atoms with E-state index in [9.17, 15) is 13.9 Å². The van der Waals surface area contributed by atoms with Gasteiger partial charge in [0.25, 0.3) is 0 Å². The minimum absolute atomic E-state index is 0. The SMILES string of the molecule is Cl.Fc1ccccc1.OC(CCCCc1ccc(F)cc1)N1CCCCC1. The molecule has 1 N–H and O–H groups in total. The first kappa shape index (κ1) is 23.5. The first-order valence-electron chi connectivity index (χ1n) is 9.52. The first-order chi connectivity index (χ1) is 12.6. The van der Waals surface area contributed by atoms with Gasteiger partial charge in [-0.25, -0.2) is 8.78 Å². The topological polar surface area (TPSA) is 23.5 Å². The molecule has 27 heavy (non-hydrogen) atoms. The van der Waals surface area contributed by atoms with E-state index in [2.05, 4.69) is 4.90 Å². The van der Waals surface area contributed by atoms with Crippen LogP contribution in [0.4, 0.5) is 8.78 Å². The van der Waals surface area contributed by atoms with Gasteiger partial charge in [-0.3, -0.25) is 4.90 Å². The monoisotopic (exact) mass is 397 g/mol. The summed E-state index contributed by atoms with van der Waals surface area (Å²) in [5, 5.41) is 10.1. The number of aliphatic hydroxyl groups excluding tert-OH is 1. The van der Waals surface area contributed by atoms with Crippen LogP contribution in [0, 0.1) is 11.6 Å². The van der Waals surface area contributed by atoms with E-state index in [0.717, 1.165) is 38.8 Å². The Labute approximate surface area is 167 Å². The largest absolute Gasteiger partial charge is 0.378 e. The maximum absolute atomic E-state index is 12.7. The van der Waals surface area contributed by atoms with Crippen LogP contribution < -0.4 is 0 Å². The third kappa shape index (κ3) is 9.85. The normalized spacial score (nSPS) is 15.2. The number of hydrogen-bond donors (Lipinski definition) is 1. The second-order valence-electron chi connectivity index (χ2n) is 6.75. The lowest BCUT2D eigenvalue weighted by molar-refractivity contribution is -0.0147. The Morgan fingerprint density at radius 2 is 1.41 bits per heavy atom. The summed E-state index contributed by atoms with van der Waals surface area (Å²) in [6, 6.07) is 14.6. The van der Waals surface area contributed by atoms with Crippen LogP contribution in [0.1, 0.15) is 44.1 Å². The van der Waals surface area contributed by atoms with E-state index in [-0.39, 0.29) is 30.3 Å². The Morgan fingerprint density at radius 3 is 1.96 bits per heavy atom. The number of benzene rings is 2. The summed E-state index contributed by atoms with van der Waals surface area (Å²) in [4.78, 5) is 2.20. The smallest absolute Gasteiger partial charge is 0.123 e. The lowest BCUT2D eigenvalue weighted by Gasteiger charge is -2.31. The molecule has 0 radical (unpaired) electrons. The fourth-order valence-corrected chi connectivity index (χ4v) is 3.12. The highest BCUT2D eigenvalue weighted by atomic mass is 35.5. The minimum Gasteiger partial charge on any atom is -0.378 e. The summed E-state index contributed by atoms with van der Waals surface area (Å²) in [5.41, 5.74) is 1.17. The van der Waals surface area contributed by atoms with E-state index in [1.807, 2.05) is 12.1 Å². The zero-order valence-electron chi connectivity index (χ0n) is 15.7. The van der Waals surface area contributed by atoms with Crippen molar-refractivity contribution in [2.45, 2.75) is 51.2 Å². The lowest BCUT2D eigenvalue weighted by Crippen LogP contribution is -2.39. The number of likely N-dealkylation sites (tertiary alicyclic amines) is 1. The average Bonchev–Trinajstić information content (AvgIpc) is 2.68. The third-order valence-corrected chi connectivity index (χ3v) is 4.64. The van der Waals surface area contributed by atoms with Crippen molar-refractivity contribution >= 4 is 12.4 Å². The van der Waals surface area contributed by atoms with Gasteiger partial charge in [0.2, 0.25) is 0 Å². The van der Waals surface area contributed by atoms with E-state index < -0.39 is 0 Å². The Hall–Kier alpha value is -1.49. The standard InChI is InChI=1S/C16H24FNO.C6H5F.ClH/c17-15-10-8-14(9-11-15)6-2-3-7-16(19)18-12-4-1-5-13-18;7-6-4-2-1-3-5-6;/h8-11,16,19H,1-7,12-13H2;1-5H;1H. The van der Waals surface area contributed by atoms with Crippen molar-refractivity contribution in [2.75, 3.05) is 13.1 Å². The number of hydrogen-bond acceptors (Lipinski definition) is 2. The van der Waals surface area contributed by atoms with Gasteiger partial charge in [-0.1, -0.05) is 36.8 Å². The minimum atomic E-state index is -0.270. The van der Waals surface area contributed by atoms with Crippen LogP contribution in [-0.4, -0.2) is 29.3 Å². The van der Waals surface area contributed by atoms with Crippen molar-refractivity contribution in [1.29, 1.82) is 0 Å². The van der Waals surface area contributed by atoms with Gasteiger partial charge in [0.15, 0.2) is 0 Å². The Morgan fingerprint density at radius 1 is 0.815 bits per heavy atom. The molecule has 1 aliphatic rings. The summed E-state index contributed by atoms with van der Waals surface area (Å²) in [5.74, 6) is -0.355. The first-order valence-corrected chi connectivity index (χ1v) is 9.52. The fraction of sp³-hybridized carbons (Fsp3) is 0.455. The molecule has 2 nitrogen and oxygen atoms in total. The number of halogens is 3. The molecule has 0 aromatic heterocycles. The van der Waals surface area contributed by atoms with Crippen LogP contribution in [0.2, 0.25) is 0 Å².